The van der Waals surface area contributed by atoms with Crippen molar-refractivity contribution in [3.63, 3.8) is 0 Å². The Bertz CT molecular complexity index is 505. The van der Waals surface area contributed by atoms with E-state index in [1.54, 1.807) is 6.92 Å². The Morgan fingerprint density at radius 1 is 1.39 bits per heavy atom. The van der Waals surface area contributed by atoms with Gasteiger partial charge in [-0.1, -0.05) is 6.92 Å². The second-order valence-electron chi connectivity index (χ2n) is 4.05. The highest BCUT2D eigenvalue weighted by Gasteiger charge is 2.33. The summed E-state index contributed by atoms with van der Waals surface area (Å²) < 4.78 is 26.7. The van der Waals surface area contributed by atoms with E-state index in [2.05, 4.69) is 5.32 Å². The fraction of sp³-hybridized carbons (Fsp3) is 0.333. The predicted octanol–water partition coefficient (Wildman–Crippen LogP) is 1.21. The molecule has 96 valence electrons. The maximum atomic E-state index is 13.6. The topological polar surface area (TPSA) is 49.4 Å². The highest BCUT2D eigenvalue weighted by molar-refractivity contribution is 6.06. The number of hydrogen-bond acceptors (Lipinski definition) is 2. The second kappa shape index (κ2) is 4.72. The standard InChI is InChI=1S/C12H12F2N2O2/c1-2-9-12(18)16(6-11(17)15-9)10-5-7(13)3-4-8(10)14/h3-5,9H,2,6H2,1H3,(H,15,17). The summed E-state index contributed by atoms with van der Waals surface area (Å²) >= 11 is 0. The summed E-state index contributed by atoms with van der Waals surface area (Å²) in [5.74, 6) is -2.20. The zero-order chi connectivity index (χ0) is 13.3. The molecule has 1 N–H and O–H groups in total. The summed E-state index contributed by atoms with van der Waals surface area (Å²) in [6.45, 7) is 1.43. The molecular formula is C12H12F2N2O2. The van der Waals surface area contributed by atoms with Crippen LogP contribution in [0.4, 0.5) is 14.5 Å². The first-order valence-corrected chi connectivity index (χ1v) is 5.58. The lowest BCUT2D eigenvalue weighted by atomic mass is 10.1. The summed E-state index contributed by atoms with van der Waals surface area (Å²) in [6, 6.07) is 2.13. The Labute approximate surface area is 103 Å². The van der Waals surface area contributed by atoms with Crippen molar-refractivity contribution in [2.45, 2.75) is 19.4 Å². The molecule has 0 aromatic heterocycles. The summed E-state index contributed by atoms with van der Waals surface area (Å²) in [6.07, 6.45) is 0.401. The second-order valence-corrected chi connectivity index (χ2v) is 4.05. The van der Waals surface area contributed by atoms with Crippen LogP contribution >= 0.6 is 0 Å². The number of nitrogens with zero attached hydrogens (tertiary/aromatic N) is 1. The minimum atomic E-state index is -0.727. The van der Waals surface area contributed by atoms with Crippen LogP contribution in [-0.2, 0) is 9.59 Å². The van der Waals surface area contributed by atoms with Crippen LogP contribution in [0.3, 0.4) is 0 Å². The first kappa shape index (κ1) is 12.5. The van der Waals surface area contributed by atoms with Gasteiger partial charge >= 0.3 is 0 Å². The van der Waals surface area contributed by atoms with Crippen molar-refractivity contribution in [1.29, 1.82) is 0 Å². The summed E-state index contributed by atoms with van der Waals surface area (Å²) in [5, 5.41) is 2.50. The average Bonchev–Trinajstić information content (AvgIpc) is 2.35. The van der Waals surface area contributed by atoms with Crippen molar-refractivity contribution in [2.24, 2.45) is 0 Å². The number of anilines is 1. The number of halogens is 2. The summed E-state index contributed by atoms with van der Waals surface area (Å²) in [7, 11) is 0. The molecule has 2 rings (SSSR count). The lowest BCUT2D eigenvalue weighted by molar-refractivity contribution is -0.131. The molecule has 1 saturated heterocycles. The van der Waals surface area contributed by atoms with Crippen LogP contribution in [0.15, 0.2) is 18.2 Å². The van der Waals surface area contributed by atoms with Gasteiger partial charge in [-0.25, -0.2) is 8.78 Å². The zero-order valence-electron chi connectivity index (χ0n) is 9.74. The van der Waals surface area contributed by atoms with E-state index < -0.39 is 23.6 Å². The molecule has 0 bridgehead atoms. The number of nitrogens with one attached hydrogen (secondary N) is 1. The Morgan fingerprint density at radius 2 is 2.11 bits per heavy atom. The van der Waals surface area contributed by atoms with Crippen molar-refractivity contribution in [3.05, 3.63) is 29.8 Å². The smallest absolute Gasteiger partial charge is 0.250 e. The molecular weight excluding hydrogens is 242 g/mol. The van der Waals surface area contributed by atoms with Crippen LogP contribution in [0.25, 0.3) is 0 Å². The molecule has 1 heterocycles. The van der Waals surface area contributed by atoms with Gasteiger partial charge in [0.15, 0.2) is 0 Å². The van der Waals surface area contributed by atoms with Crippen LogP contribution in [0, 0.1) is 11.6 Å². The third-order valence-electron chi connectivity index (χ3n) is 2.81. The molecule has 0 radical (unpaired) electrons. The van der Waals surface area contributed by atoms with Crippen LogP contribution in [0.1, 0.15) is 13.3 Å². The lowest BCUT2D eigenvalue weighted by Gasteiger charge is -2.32. The average molecular weight is 254 g/mol. The van der Waals surface area contributed by atoms with Gasteiger partial charge in [-0.2, -0.15) is 0 Å². The van der Waals surface area contributed by atoms with E-state index in [9.17, 15) is 18.4 Å². The van der Waals surface area contributed by atoms with Gasteiger partial charge in [-0.15, -0.1) is 0 Å². The molecule has 0 saturated carbocycles. The molecule has 18 heavy (non-hydrogen) atoms. The van der Waals surface area contributed by atoms with E-state index in [1.807, 2.05) is 0 Å². The quantitative estimate of drug-likeness (QED) is 0.862. The minimum Gasteiger partial charge on any atom is -0.343 e. The third kappa shape index (κ3) is 2.18. The van der Waals surface area contributed by atoms with Gasteiger partial charge in [-0.3, -0.25) is 14.5 Å². The van der Waals surface area contributed by atoms with Crippen LogP contribution in [0.2, 0.25) is 0 Å². The van der Waals surface area contributed by atoms with Gasteiger partial charge in [0.1, 0.15) is 24.2 Å². The highest BCUT2D eigenvalue weighted by Crippen LogP contribution is 2.23. The molecule has 1 aromatic carbocycles. The van der Waals surface area contributed by atoms with Gasteiger partial charge in [-0.05, 0) is 18.6 Å². The van der Waals surface area contributed by atoms with E-state index in [4.69, 9.17) is 0 Å². The summed E-state index contributed by atoms with van der Waals surface area (Å²) in [4.78, 5) is 24.4. The van der Waals surface area contributed by atoms with Crippen LogP contribution in [-0.4, -0.2) is 24.4 Å². The molecule has 2 amide bonds. The third-order valence-corrected chi connectivity index (χ3v) is 2.81. The fourth-order valence-corrected chi connectivity index (χ4v) is 1.88. The molecule has 1 aromatic rings. The number of carbonyl (C=O) groups excluding carboxylic acids is 2. The molecule has 1 aliphatic rings. The molecule has 6 heteroatoms. The first-order valence-electron chi connectivity index (χ1n) is 5.58. The van der Waals surface area contributed by atoms with Crippen LogP contribution in [0.5, 0.6) is 0 Å². The first-order chi connectivity index (χ1) is 8.52. The molecule has 1 fully saturated rings. The predicted molar refractivity (Wildman–Crippen MR) is 60.9 cm³/mol. The number of benzene rings is 1. The van der Waals surface area contributed by atoms with Crippen molar-refractivity contribution < 1.29 is 18.4 Å². The Morgan fingerprint density at radius 3 is 2.78 bits per heavy atom. The van der Waals surface area contributed by atoms with E-state index >= 15 is 0 Å². The van der Waals surface area contributed by atoms with E-state index in [0.717, 1.165) is 23.1 Å². The maximum absolute atomic E-state index is 13.6. The monoisotopic (exact) mass is 254 g/mol. The number of amides is 2. The van der Waals surface area contributed by atoms with Gasteiger partial charge in [0.25, 0.3) is 0 Å². The zero-order valence-corrected chi connectivity index (χ0v) is 9.74. The molecule has 1 aliphatic heterocycles. The van der Waals surface area contributed by atoms with Gasteiger partial charge in [0, 0.05) is 6.07 Å². The van der Waals surface area contributed by atoms with Gasteiger partial charge in [0.05, 0.1) is 5.69 Å². The Balaban J connectivity index is 2.39. The molecule has 4 nitrogen and oxygen atoms in total. The normalized spacial score (nSPS) is 19.9. The van der Waals surface area contributed by atoms with E-state index in [-0.39, 0.29) is 18.1 Å². The van der Waals surface area contributed by atoms with E-state index in [0.29, 0.717) is 6.42 Å². The van der Waals surface area contributed by atoms with Crippen molar-refractivity contribution in [2.75, 3.05) is 11.4 Å². The number of hydrogen-bond donors (Lipinski definition) is 1. The highest BCUT2D eigenvalue weighted by atomic mass is 19.1. The Kier molecular flexibility index (Phi) is 3.27. The minimum absolute atomic E-state index is 0.201. The SMILES string of the molecule is CCC1NC(=O)CN(c2cc(F)ccc2F)C1=O. The number of carbonyl (C=O) groups is 2. The Hall–Kier alpha value is -1.98. The van der Waals surface area contributed by atoms with Gasteiger partial charge in [0.2, 0.25) is 11.8 Å². The lowest BCUT2D eigenvalue weighted by Crippen LogP contribution is -2.58. The van der Waals surface area contributed by atoms with Crippen molar-refractivity contribution in [3.8, 4) is 0 Å². The van der Waals surface area contributed by atoms with E-state index in [1.165, 1.54) is 0 Å². The molecule has 0 aliphatic carbocycles. The fourth-order valence-electron chi connectivity index (χ4n) is 1.88. The summed E-state index contributed by atoms with van der Waals surface area (Å²) in [5.41, 5.74) is -0.201. The maximum Gasteiger partial charge on any atom is 0.250 e. The molecule has 1 unspecified atom stereocenters. The number of rotatable bonds is 2. The van der Waals surface area contributed by atoms with Gasteiger partial charge < -0.3 is 5.32 Å². The van der Waals surface area contributed by atoms with Crippen LogP contribution < -0.4 is 10.2 Å². The van der Waals surface area contributed by atoms with Crippen molar-refractivity contribution >= 4 is 17.5 Å². The number of piperazine rings is 1. The molecule has 0 spiro atoms. The molecule has 1 atom stereocenters. The largest absolute Gasteiger partial charge is 0.343 e. The van der Waals surface area contributed by atoms with Crippen molar-refractivity contribution in [1.82, 2.24) is 5.32 Å².